The zero-order valence-electron chi connectivity index (χ0n) is 12.4. The summed E-state index contributed by atoms with van der Waals surface area (Å²) < 4.78 is 27.0. The largest absolute Gasteiger partial charge is 0.346 e. The molecule has 0 radical (unpaired) electrons. The summed E-state index contributed by atoms with van der Waals surface area (Å²) in [4.78, 5) is 19.8. The second-order valence-electron chi connectivity index (χ2n) is 5.71. The average Bonchev–Trinajstić information content (AvgIpc) is 2.42. The molecule has 0 bridgehead atoms. The van der Waals surface area contributed by atoms with E-state index in [2.05, 4.69) is 20.6 Å². The van der Waals surface area contributed by atoms with E-state index in [-0.39, 0.29) is 23.1 Å². The first-order chi connectivity index (χ1) is 10.3. The maximum absolute atomic E-state index is 13.5. The number of carbonyl (C=O) groups is 1. The highest BCUT2D eigenvalue weighted by Crippen LogP contribution is 2.21. The van der Waals surface area contributed by atoms with Crippen molar-refractivity contribution in [3.63, 3.8) is 0 Å². The standard InChI is InChI=1S/C15H16F2N4O/c1-15(2,3)21-14(22)11-7-19-12(8-18-11)20-13-9(16)5-4-6-10(13)17/h4-8H,1-3H3,(H,19,20)(H,21,22). The Labute approximate surface area is 126 Å². The molecule has 0 fully saturated rings. The van der Waals surface area contributed by atoms with Crippen molar-refractivity contribution >= 4 is 17.4 Å². The van der Waals surface area contributed by atoms with Crippen LogP contribution in [0.3, 0.4) is 0 Å². The number of aromatic nitrogens is 2. The Morgan fingerprint density at radius 1 is 1.09 bits per heavy atom. The molecule has 0 atom stereocenters. The maximum Gasteiger partial charge on any atom is 0.271 e. The van der Waals surface area contributed by atoms with E-state index in [9.17, 15) is 13.6 Å². The van der Waals surface area contributed by atoms with Crippen LogP contribution in [0.4, 0.5) is 20.3 Å². The highest BCUT2D eigenvalue weighted by molar-refractivity contribution is 5.92. The molecule has 2 aromatic rings. The van der Waals surface area contributed by atoms with Crippen molar-refractivity contribution in [1.29, 1.82) is 0 Å². The van der Waals surface area contributed by atoms with Crippen LogP contribution in [0.5, 0.6) is 0 Å². The van der Waals surface area contributed by atoms with Crippen molar-refractivity contribution in [2.45, 2.75) is 26.3 Å². The molecule has 0 aliphatic rings. The van der Waals surface area contributed by atoms with E-state index in [1.165, 1.54) is 18.5 Å². The Balaban J connectivity index is 2.14. The zero-order chi connectivity index (χ0) is 16.3. The topological polar surface area (TPSA) is 66.9 Å². The summed E-state index contributed by atoms with van der Waals surface area (Å²) in [6, 6.07) is 3.52. The predicted octanol–water partition coefficient (Wildman–Crippen LogP) is 3.03. The number of hydrogen-bond acceptors (Lipinski definition) is 4. The second-order valence-corrected chi connectivity index (χ2v) is 5.71. The third kappa shape index (κ3) is 3.97. The number of hydrogen-bond donors (Lipinski definition) is 2. The fraction of sp³-hybridized carbons (Fsp3) is 0.267. The number of halogens is 2. The highest BCUT2D eigenvalue weighted by Gasteiger charge is 2.17. The lowest BCUT2D eigenvalue weighted by atomic mass is 10.1. The minimum atomic E-state index is -0.739. The van der Waals surface area contributed by atoms with Crippen molar-refractivity contribution in [3.8, 4) is 0 Å². The number of rotatable bonds is 3. The van der Waals surface area contributed by atoms with E-state index in [0.29, 0.717) is 0 Å². The molecule has 2 N–H and O–H groups in total. The van der Waals surface area contributed by atoms with Gasteiger partial charge in [-0.1, -0.05) is 6.07 Å². The minimum Gasteiger partial charge on any atom is -0.346 e. The molecular weight excluding hydrogens is 290 g/mol. The maximum atomic E-state index is 13.5. The lowest BCUT2D eigenvalue weighted by Crippen LogP contribution is -2.40. The third-order valence-electron chi connectivity index (χ3n) is 2.59. The smallest absolute Gasteiger partial charge is 0.271 e. The second kappa shape index (κ2) is 6.05. The van der Waals surface area contributed by atoms with Crippen LogP contribution in [0, 0.1) is 11.6 Å². The molecule has 1 amide bonds. The van der Waals surface area contributed by atoms with E-state index in [1.807, 2.05) is 20.8 Å². The first kappa shape index (κ1) is 15.8. The van der Waals surface area contributed by atoms with Gasteiger partial charge in [-0.05, 0) is 32.9 Å². The monoisotopic (exact) mass is 306 g/mol. The van der Waals surface area contributed by atoms with E-state index < -0.39 is 17.2 Å². The first-order valence-corrected chi connectivity index (χ1v) is 6.62. The predicted molar refractivity (Wildman–Crippen MR) is 78.9 cm³/mol. The van der Waals surface area contributed by atoms with Gasteiger partial charge >= 0.3 is 0 Å². The van der Waals surface area contributed by atoms with Gasteiger partial charge in [-0.2, -0.15) is 0 Å². The number of carbonyl (C=O) groups excluding carboxylic acids is 1. The normalized spacial score (nSPS) is 11.1. The van der Waals surface area contributed by atoms with Gasteiger partial charge in [0.15, 0.2) is 0 Å². The van der Waals surface area contributed by atoms with Crippen LogP contribution in [0.2, 0.25) is 0 Å². The third-order valence-corrected chi connectivity index (χ3v) is 2.59. The molecular formula is C15H16F2N4O. The Bertz CT molecular complexity index is 661. The molecule has 116 valence electrons. The molecule has 22 heavy (non-hydrogen) atoms. The van der Waals surface area contributed by atoms with Crippen molar-refractivity contribution in [2.75, 3.05) is 5.32 Å². The lowest BCUT2D eigenvalue weighted by molar-refractivity contribution is 0.0914. The molecule has 2 rings (SSSR count). The van der Waals surface area contributed by atoms with E-state index in [1.54, 1.807) is 0 Å². The van der Waals surface area contributed by atoms with Crippen molar-refractivity contribution in [2.24, 2.45) is 0 Å². The van der Waals surface area contributed by atoms with Gasteiger partial charge in [0.25, 0.3) is 5.91 Å². The zero-order valence-corrected chi connectivity index (χ0v) is 12.4. The van der Waals surface area contributed by atoms with Crippen LogP contribution in [0.1, 0.15) is 31.3 Å². The van der Waals surface area contributed by atoms with Gasteiger partial charge in [-0.15, -0.1) is 0 Å². The molecule has 1 heterocycles. The summed E-state index contributed by atoms with van der Waals surface area (Å²) in [5, 5.41) is 5.24. The van der Waals surface area contributed by atoms with Gasteiger partial charge in [0.05, 0.1) is 12.4 Å². The number of nitrogens with one attached hydrogen (secondary N) is 2. The minimum absolute atomic E-state index is 0.120. The summed E-state index contributed by atoms with van der Waals surface area (Å²) in [7, 11) is 0. The number of anilines is 2. The van der Waals surface area contributed by atoms with Gasteiger partial charge in [0.2, 0.25) is 0 Å². The van der Waals surface area contributed by atoms with Crippen molar-refractivity contribution < 1.29 is 13.6 Å². The molecule has 7 heteroatoms. The number of benzene rings is 1. The van der Waals surface area contributed by atoms with Crippen LogP contribution in [0.15, 0.2) is 30.6 Å². The fourth-order valence-corrected chi connectivity index (χ4v) is 1.66. The van der Waals surface area contributed by atoms with Crippen LogP contribution < -0.4 is 10.6 Å². The Kier molecular flexibility index (Phi) is 4.35. The van der Waals surface area contributed by atoms with E-state index in [0.717, 1.165) is 12.1 Å². The molecule has 1 aromatic heterocycles. The van der Waals surface area contributed by atoms with Crippen LogP contribution in [-0.4, -0.2) is 21.4 Å². The summed E-state index contributed by atoms with van der Waals surface area (Å²) in [5.74, 6) is -1.72. The molecule has 1 aromatic carbocycles. The number of para-hydroxylation sites is 1. The Hall–Kier alpha value is -2.57. The first-order valence-electron chi connectivity index (χ1n) is 6.62. The van der Waals surface area contributed by atoms with Crippen molar-refractivity contribution in [1.82, 2.24) is 15.3 Å². The quantitative estimate of drug-likeness (QED) is 0.914. The average molecular weight is 306 g/mol. The number of amides is 1. The van der Waals surface area contributed by atoms with Gasteiger partial charge in [-0.3, -0.25) is 4.79 Å². The van der Waals surface area contributed by atoms with Crippen LogP contribution in [-0.2, 0) is 0 Å². The van der Waals surface area contributed by atoms with Gasteiger partial charge < -0.3 is 10.6 Å². The Morgan fingerprint density at radius 3 is 2.23 bits per heavy atom. The molecule has 0 aliphatic carbocycles. The summed E-state index contributed by atoms with van der Waals surface area (Å²) >= 11 is 0. The molecule has 0 saturated carbocycles. The molecule has 0 saturated heterocycles. The van der Waals surface area contributed by atoms with Crippen LogP contribution in [0.25, 0.3) is 0 Å². The van der Waals surface area contributed by atoms with Crippen LogP contribution >= 0.6 is 0 Å². The SMILES string of the molecule is CC(C)(C)NC(=O)c1cnc(Nc2c(F)cccc2F)cn1. The summed E-state index contributed by atoms with van der Waals surface area (Å²) in [6.45, 7) is 5.53. The molecule has 0 spiro atoms. The fourth-order valence-electron chi connectivity index (χ4n) is 1.66. The molecule has 0 unspecified atom stereocenters. The van der Waals surface area contributed by atoms with Gasteiger partial charge in [0, 0.05) is 5.54 Å². The van der Waals surface area contributed by atoms with Gasteiger partial charge in [0.1, 0.15) is 28.8 Å². The Morgan fingerprint density at radius 2 is 1.73 bits per heavy atom. The summed E-state index contributed by atoms with van der Waals surface area (Å²) in [6.07, 6.45) is 2.48. The van der Waals surface area contributed by atoms with E-state index in [4.69, 9.17) is 0 Å². The number of nitrogens with zero attached hydrogens (tertiary/aromatic N) is 2. The van der Waals surface area contributed by atoms with Gasteiger partial charge in [-0.25, -0.2) is 18.7 Å². The summed E-state index contributed by atoms with van der Waals surface area (Å²) in [5.41, 5.74) is -0.593. The van der Waals surface area contributed by atoms with Crippen molar-refractivity contribution in [3.05, 3.63) is 47.9 Å². The molecule has 0 aliphatic heterocycles. The molecule has 5 nitrogen and oxygen atoms in total. The van der Waals surface area contributed by atoms with E-state index >= 15 is 0 Å². The lowest BCUT2D eigenvalue weighted by Gasteiger charge is -2.19. The highest BCUT2D eigenvalue weighted by atomic mass is 19.1.